The minimum atomic E-state index is -0.330. The highest BCUT2D eigenvalue weighted by Crippen LogP contribution is 2.15. The van der Waals surface area contributed by atoms with Crippen molar-refractivity contribution in [3.63, 3.8) is 0 Å². The molecule has 0 radical (unpaired) electrons. The van der Waals surface area contributed by atoms with Crippen molar-refractivity contribution in [2.45, 2.75) is 20.3 Å². The predicted octanol–water partition coefficient (Wildman–Crippen LogP) is 3.76. The van der Waals surface area contributed by atoms with Gasteiger partial charge in [0.15, 0.2) is 11.5 Å². The van der Waals surface area contributed by atoms with E-state index in [1.807, 2.05) is 13.8 Å². The Labute approximate surface area is 117 Å². The van der Waals surface area contributed by atoms with Crippen molar-refractivity contribution in [1.82, 2.24) is 0 Å². The van der Waals surface area contributed by atoms with Crippen molar-refractivity contribution in [3.05, 3.63) is 54.0 Å². The van der Waals surface area contributed by atoms with Crippen molar-refractivity contribution >= 4 is 17.4 Å². The number of ketones is 1. The fourth-order valence-corrected chi connectivity index (χ4v) is 1.86. The maximum atomic E-state index is 12.0. The Morgan fingerprint density at radius 3 is 2.65 bits per heavy atom. The number of hydrogen-bond acceptors (Lipinski definition) is 3. The molecule has 1 N–H and O–H groups in total. The van der Waals surface area contributed by atoms with Gasteiger partial charge in [-0.05, 0) is 30.2 Å². The number of benzene rings is 1. The summed E-state index contributed by atoms with van der Waals surface area (Å²) in [6, 6.07) is 10.2. The Bertz CT molecular complexity index is 600. The summed E-state index contributed by atoms with van der Waals surface area (Å²) in [4.78, 5) is 23.8. The van der Waals surface area contributed by atoms with E-state index in [2.05, 4.69) is 5.32 Å². The van der Waals surface area contributed by atoms with Gasteiger partial charge in [0.1, 0.15) is 0 Å². The van der Waals surface area contributed by atoms with Crippen LogP contribution in [0, 0.1) is 5.92 Å². The molecule has 1 aromatic carbocycles. The van der Waals surface area contributed by atoms with Crippen LogP contribution in [0.4, 0.5) is 5.69 Å². The third kappa shape index (κ3) is 3.57. The number of Topliss-reactive ketones (excluding diaryl/α,β-unsaturated/α-hetero) is 1. The monoisotopic (exact) mass is 271 g/mol. The Balaban J connectivity index is 2.10. The number of nitrogens with one attached hydrogen (secondary N) is 1. The minimum absolute atomic E-state index is 0.0779. The van der Waals surface area contributed by atoms with E-state index in [4.69, 9.17) is 4.42 Å². The Hall–Kier alpha value is -2.36. The molecular formula is C16H17NO3. The first-order valence-electron chi connectivity index (χ1n) is 6.54. The molecule has 104 valence electrons. The van der Waals surface area contributed by atoms with E-state index in [0.29, 0.717) is 23.6 Å². The molecule has 4 heteroatoms. The molecule has 0 atom stereocenters. The number of anilines is 1. The molecule has 1 amide bonds. The topological polar surface area (TPSA) is 59.3 Å². The average molecular weight is 271 g/mol. The molecule has 0 spiro atoms. The van der Waals surface area contributed by atoms with Gasteiger partial charge in [0.25, 0.3) is 5.91 Å². The molecule has 0 saturated heterocycles. The Morgan fingerprint density at radius 2 is 2.00 bits per heavy atom. The third-order valence-electron chi connectivity index (χ3n) is 2.78. The van der Waals surface area contributed by atoms with Gasteiger partial charge >= 0.3 is 0 Å². The van der Waals surface area contributed by atoms with Crippen LogP contribution in [0.2, 0.25) is 0 Å². The van der Waals surface area contributed by atoms with Crippen LogP contribution in [0.15, 0.2) is 47.1 Å². The van der Waals surface area contributed by atoms with Gasteiger partial charge in [-0.2, -0.15) is 0 Å². The van der Waals surface area contributed by atoms with Crippen LogP contribution in [0.3, 0.4) is 0 Å². The van der Waals surface area contributed by atoms with Gasteiger partial charge in [-0.3, -0.25) is 9.59 Å². The summed E-state index contributed by atoms with van der Waals surface area (Å²) < 4.78 is 5.02. The van der Waals surface area contributed by atoms with Crippen LogP contribution in [0.25, 0.3) is 0 Å². The summed E-state index contributed by atoms with van der Waals surface area (Å²) in [5.41, 5.74) is 1.19. The fourth-order valence-electron chi connectivity index (χ4n) is 1.86. The lowest BCUT2D eigenvalue weighted by molar-refractivity contribution is 0.0964. The lowest BCUT2D eigenvalue weighted by atomic mass is 10.0. The molecule has 20 heavy (non-hydrogen) atoms. The van der Waals surface area contributed by atoms with Crippen molar-refractivity contribution in [2.24, 2.45) is 5.92 Å². The second-order valence-corrected chi connectivity index (χ2v) is 5.03. The van der Waals surface area contributed by atoms with E-state index < -0.39 is 0 Å². The summed E-state index contributed by atoms with van der Waals surface area (Å²) in [5, 5.41) is 2.71. The molecule has 0 fully saturated rings. The SMILES string of the molecule is CC(C)CC(=O)c1cccc(NC(=O)c2ccco2)c1. The summed E-state index contributed by atoms with van der Waals surface area (Å²) in [6.45, 7) is 4.00. The lowest BCUT2D eigenvalue weighted by Gasteiger charge is -2.07. The van der Waals surface area contributed by atoms with Gasteiger partial charge in [-0.25, -0.2) is 0 Å². The quantitative estimate of drug-likeness (QED) is 0.842. The smallest absolute Gasteiger partial charge is 0.291 e. The average Bonchev–Trinajstić information content (AvgIpc) is 2.92. The number of furan rings is 1. The highest BCUT2D eigenvalue weighted by atomic mass is 16.3. The summed E-state index contributed by atoms with van der Waals surface area (Å²) in [5.74, 6) is 0.297. The number of rotatable bonds is 5. The summed E-state index contributed by atoms with van der Waals surface area (Å²) >= 11 is 0. The highest BCUT2D eigenvalue weighted by molar-refractivity contribution is 6.03. The molecule has 0 aliphatic rings. The minimum Gasteiger partial charge on any atom is -0.459 e. The molecule has 0 aliphatic heterocycles. The number of hydrogen-bond donors (Lipinski definition) is 1. The first kappa shape index (κ1) is 14.1. The van der Waals surface area contributed by atoms with Crippen LogP contribution >= 0.6 is 0 Å². The zero-order valence-electron chi connectivity index (χ0n) is 11.6. The normalized spacial score (nSPS) is 10.6. The van der Waals surface area contributed by atoms with Crippen molar-refractivity contribution in [1.29, 1.82) is 0 Å². The van der Waals surface area contributed by atoms with E-state index in [-0.39, 0.29) is 17.5 Å². The van der Waals surface area contributed by atoms with E-state index in [1.54, 1.807) is 36.4 Å². The molecule has 2 rings (SSSR count). The first-order valence-corrected chi connectivity index (χ1v) is 6.54. The largest absolute Gasteiger partial charge is 0.459 e. The van der Waals surface area contributed by atoms with Gasteiger partial charge in [0.2, 0.25) is 0 Å². The zero-order chi connectivity index (χ0) is 14.5. The van der Waals surface area contributed by atoms with Crippen LogP contribution in [-0.2, 0) is 0 Å². The van der Waals surface area contributed by atoms with E-state index in [0.717, 1.165) is 0 Å². The van der Waals surface area contributed by atoms with E-state index in [9.17, 15) is 9.59 Å². The molecule has 1 aromatic heterocycles. The molecule has 0 bridgehead atoms. The number of carbonyl (C=O) groups excluding carboxylic acids is 2. The maximum Gasteiger partial charge on any atom is 0.291 e. The Morgan fingerprint density at radius 1 is 1.20 bits per heavy atom. The van der Waals surface area contributed by atoms with Gasteiger partial charge in [-0.15, -0.1) is 0 Å². The molecule has 0 aliphatic carbocycles. The van der Waals surface area contributed by atoms with Gasteiger partial charge in [-0.1, -0.05) is 26.0 Å². The van der Waals surface area contributed by atoms with E-state index in [1.165, 1.54) is 6.26 Å². The third-order valence-corrected chi connectivity index (χ3v) is 2.78. The summed E-state index contributed by atoms with van der Waals surface area (Å²) in [6.07, 6.45) is 1.94. The molecule has 1 heterocycles. The molecule has 4 nitrogen and oxygen atoms in total. The maximum absolute atomic E-state index is 12.0. The van der Waals surface area contributed by atoms with Crippen LogP contribution in [0.1, 0.15) is 41.2 Å². The lowest BCUT2D eigenvalue weighted by Crippen LogP contribution is -2.11. The van der Waals surface area contributed by atoms with Crippen molar-refractivity contribution < 1.29 is 14.0 Å². The molecule has 0 unspecified atom stereocenters. The second kappa shape index (κ2) is 6.19. The van der Waals surface area contributed by atoms with Gasteiger partial charge in [0.05, 0.1) is 6.26 Å². The van der Waals surface area contributed by atoms with Crippen molar-refractivity contribution in [2.75, 3.05) is 5.32 Å². The van der Waals surface area contributed by atoms with Gasteiger partial charge < -0.3 is 9.73 Å². The second-order valence-electron chi connectivity index (χ2n) is 5.03. The van der Waals surface area contributed by atoms with Crippen molar-refractivity contribution in [3.8, 4) is 0 Å². The predicted molar refractivity (Wildman–Crippen MR) is 76.9 cm³/mol. The van der Waals surface area contributed by atoms with Gasteiger partial charge in [0, 0.05) is 17.7 Å². The first-order chi connectivity index (χ1) is 9.56. The molecule has 2 aromatic rings. The number of amides is 1. The fraction of sp³-hybridized carbons (Fsp3) is 0.250. The zero-order valence-corrected chi connectivity index (χ0v) is 11.6. The number of carbonyl (C=O) groups is 2. The van der Waals surface area contributed by atoms with E-state index >= 15 is 0 Å². The summed E-state index contributed by atoms with van der Waals surface area (Å²) in [7, 11) is 0. The standard InChI is InChI=1S/C16H17NO3/c1-11(2)9-14(18)12-5-3-6-13(10-12)17-16(19)15-7-4-8-20-15/h3-8,10-11H,9H2,1-2H3,(H,17,19). The molecule has 0 saturated carbocycles. The van der Waals surface area contributed by atoms with Crippen LogP contribution in [0.5, 0.6) is 0 Å². The molecular weight excluding hydrogens is 254 g/mol. The van der Waals surface area contributed by atoms with Crippen LogP contribution in [-0.4, -0.2) is 11.7 Å². The Kier molecular flexibility index (Phi) is 4.35. The van der Waals surface area contributed by atoms with Crippen LogP contribution < -0.4 is 5.32 Å². The highest BCUT2D eigenvalue weighted by Gasteiger charge is 2.11.